The van der Waals surface area contributed by atoms with Crippen LogP contribution >= 0.6 is 23.2 Å². The molecule has 0 heterocycles. The number of sulfonamides is 1. The normalized spacial score (nSPS) is 12.0. The lowest BCUT2D eigenvalue weighted by atomic mass is 10.1. The Morgan fingerprint density at radius 2 is 1.66 bits per heavy atom. The molecule has 3 aromatic carbocycles. The van der Waals surface area contributed by atoms with E-state index >= 15 is 0 Å². The fourth-order valence-electron chi connectivity index (χ4n) is 3.68. The van der Waals surface area contributed by atoms with Gasteiger partial charge in [-0.2, -0.15) is 0 Å². The Labute approximate surface area is 232 Å². The van der Waals surface area contributed by atoms with E-state index in [0.29, 0.717) is 23.6 Å². The molecule has 0 spiro atoms. The van der Waals surface area contributed by atoms with E-state index in [-0.39, 0.29) is 22.2 Å². The average molecular weight is 581 g/mol. The number of rotatable bonds is 11. The van der Waals surface area contributed by atoms with Crippen molar-refractivity contribution in [2.75, 3.05) is 17.4 Å². The van der Waals surface area contributed by atoms with Crippen molar-refractivity contribution in [3.8, 4) is 0 Å². The highest BCUT2D eigenvalue weighted by Gasteiger charge is 2.33. The summed E-state index contributed by atoms with van der Waals surface area (Å²) in [6, 6.07) is 16.5. The van der Waals surface area contributed by atoms with Gasteiger partial charge in [-0.05, 0) is 61.4 Å². The third-order valence-electron chi connectivity index (χ3n) is 5.77. The topological polar surface area (TPSA) is 86.8 Å². The second-order valence-corrected chi connectivity index (χ2v) is 11.2. The van der Waals surface area contributed by atoms with Crippen LogP contribution in [-0.2, 0) is 26.2 Å². The minimum atomic E-state index is -4.25. The molecule has 0 saturated heterocycles. The maximum atomic E-state index is 13.8. The van der Waals surface area contributed by atoms with E-state index in [9.17, 15) is 22.4 Å². The van der Waals surface area contributed by atoms with Crippen molar-refractivity contribution in [2.24, 2.45) is 0 Å². The van der Waals surface area contributed by atoms with Gasteiger partial charge in [0.25, 0.3) is 10.0 Å². The summed E-state index contributed by atoms with van der Waals surface area (Å²) in [6.45, 7) is 3.17. The van der Waals surface area contributed by atoms with E-state index in [2.05, 4.69) is 5.32 Å². The number of anilines is 1. The zero-order valence-electron chi connectivity index (χ0n) is 20.9. The summed E-state index contributed by atoms with van der Waals surface area (Å²) < 4.78 is 41.8. The molecule has 38 heavy (non-hydrogen) atoms. The Bertz CT molecular complexity index is 1370. The van der Waals surface area contributed by atoms with Gasteiger partial charge >= 0.3 is 0 Å². The summed E-state index contributed by atoms with van der Waals surface area (Å²) in [7, 11) is -4.25. The Morgan fingerprint density at radius 3 is 2.26 bits per heavy atom. The van der Waals surface area contributed by atoms with Crippen molar-refractivity contribution in [2.45, 2.75) is 37.8 Å². The quantitative estimate of drug-likeness (QED) is 0.335. The fourth-order valence-corrected chi connectivity index (χ4v) is 5.70. The molecule has 3 aromatic rings. The molecule has 0 fully saturated rings. The fraction of sp³-hybridized carbons (Fsp3) is 0.259. The van der Waals surface area contributed by atoms with Gasteiger partial charge in [0.2, 0.25) is 11.8 Å². The summed E-state index contributed by atoms with van der Waals surface area (Å²) in [6.07, 6.45) is 0.697. The summed E-state index contributed by atoms with van der Waals surface area (Å²) in [5.41, 5.74) is 0.620. The highest BCUT2D eigenvalue weighted by molar-refractivity contribution is 7.92. The van der Waals surface area contributed by atoms with E-state index in [1.807, 2.05) is 6.92 Å². The number of benzene rings is 3. The smallest absolute Gasteiger partial charge is 0.264 e. The average Bonchev–Trinajstić information content (AvgIpc) is 2.90. The molecule has 1 atom stereocenters. The number of carbonyl (C=O) groups excluding carboxylic acids is 2. The standard InChI is InChI=1S/C27H28Cl2FN3O4S/c1-3-15-31-27(35)19(2)32(17-20-9-12-22(30)13-10-20)26(34)18-33(25-14-11-21(28)16-24(25)29)38(36,37)23-7-5-4-6-8-23/h4-14,16,19H,3,15,17-18H2,1-2H3,(H,31,35)/t19-/m1/s1. The van der Waals surface area contributed by atoms with Crippen molar-refractivity contribution >= 4 is 50.7 Å². The van der Waals surface area contributed by atoms with Crippen molar-refractivity contribution < 1.29 is 22.4 Å². The first-order chi connectivity index (χ1) is 18.0. The number of hydrogen-bond donors (Lipinski definition) is 1. The molecular formula is C27H28Cl2FN3O4S. The van der Waals surface area contributed by atoms with Crippen LogP contribution in [0, 0.1) is 5.82 Å². The number of nitrogens with zero attached hydrogens (tertiary/aromatic N) is 2. The van der Waals surface area contributed by atoms with Crippen LogP contribution in [-0.4, -0.2) is 44.3 Å². The lowest BCUT2D eigenvalue weighted by Crippen LogP contribution is -2.51. The maximum Gasteiger partial charge on any atom is 0.264 e. The first-order valence-electron chi connectivity index (χ1n) is 11.9. The number of halogens is 3. The van der Waals surface area contributed by atoms with Gasteiger partial charge in [-0.1, -0.05) is 60.5 Å². The molecular weight excluding hydrogens is 552 g/mol. The maximum absolute atomic E-state index is 13.8. The van der Waals surface area contributed by atoms with Crippen LogP contribution in [0.5, 0.6) is 0 Å². The van der Waals surface area contributed by atoms with Crippen molar-refractivity contribution in [1.29, 1.82) is 0 Å². The Kier molecular flexibility index (Phi) is 10.1. The zero-order valence-corrected chi connectivity index (χ0v) is 23.2. The molecule has 11 heteroatoms. The van der Waals surface area contributed by atoms with Gasteiger partial charge in [0.05, 0.1) is 15.6 Å². The Balaban J connectivity index is 2.03. The van der Waals surface area contributed by atoms with Crippen LogP contribution in [0.25, 0.3) is 0 Å². The van der Waals surface area contributed by atoms with Gasteiger partial charge in [0, 0.05) is 18.1 Å². The molecule has 0 aliphatic heterocycles. The van der Waals surface area contributed by atoms with Crippen LogP contribution in [0.1, 0.15) is 25.8 Å². The van der Waals surface area contributed by atoms with Gasteiger partial charge in [-0.25, -0.2) is 12.8 Å². The van der Waals surface area contributed by atoms with Gasteiger partial charge < -0.3 is 10.2 Å². The molecule has 0 saturated carbocycles. The number of hydrogen-bond acceptors (Lipinski definition) is 4. The minimum absolute atomic E-state index is 0.0311. The second kappa shape index (κ2) is 13.1. The van der Waals surface area contributed by atoms with Crippen molar-refractivity contribution in [3.63, 3.8) is 0 Å². The summed E-state index contributed by atoms with van der Waals surface area (Å²) in [5.74, 6) is -1.50. The highest BCUT2D eigenvalue weighted by atomic mass is 35.5. The van der Waals surface area contributed by atoms with E-state index in [4.69, 9.17) is 23.2 Å². The predicted molar refractivity (Wildman–Crippen MR) is 147 cm³/mol. The van der Waals surface area contributed by atoms with Crippen molar-refractivity contribution in [3.05, 3.63) is 94.2 Å². The number of amides is 2. The molecule has 7 nitrogen and oxygen atoms in total. The van der Waals surface area contributed by atoms with E-state index in [0.717, 1.165) is 4.31 Å². The van der Waals surface area contributed by atoms with Crippen molar-refractivity contribution in [1.82, 2.24) is 10.2 Å². The molecule has 202 valence electrons. The summed E-state index contributed by atoms with van der Waals surface area (Å²) in [5, 5.41) is 3.08. The molecule has 0 aliphatic rings. The third-order valence-corrected chi connectivity index (χ3v) is 8.08. The van der Waals surface area contributed by atoms with Crippen LogP contribution in [0.3, 0.4) is 0 Å². The van der Waals surface area contributed by atoms with Gasteiger partial charge in [0.1, 0.15) is 18.4 Å². The van der Waals surface area contributed by atoms with E-state index < -0.39 is 40.2 Å². The predicted octanol–water partition coefficient (Wildman–Crippen LogP) is 5.27. The Hall–Kier alpha value is -3.14. The molecule has 0 bridgehead atoms. The first kappa shape index (κ1) is 29.4. The largest absolute Gasteiger partial charge is 0.354 e. The lowest BCUT2D eigenvalue weighted by Gasteiger charge is -2.32. The first-order valence-corrected chi connectivity index (χ1v) is 14.1. The molecule has 0 radical (unpaired) electrons. The third kappa shape index (κ3) is 7.24. The summed E-state index contributed by atoms with van der Waals surface area (Å²) in [4.78, 5) is 27.8. The van der Waals surface area contributed by atoms with E-state index in [1.54, 1.807) is 25.1 Å². The summed E-state index contributed by atoms with van der Waals surface area (Å²) >= 11 is 12.4. The lowest BCUT2D eigenvalue weighted by molar-refractivity contribution is -0.139. The molecule has 0 unspecified atom stereocenters. The zero-order chi connectivity index (χ0) is 27.9. The van der Waals surface area contributed by atoms with Gasteiger partial charge in [-0.3, -0.25) is 13.9 Å². The van der Waals surface area contributed by atoms with Crippen LogP contribution in [0.15, 0.2) is 77.7 Å². The van der Waals surface area contributed by atoms with Gasteiger partial charge in [0.15, 0.2) is 0 Å². The SMILES string of the molecule is CCCNC(=O)[C@@H](C)N(Cc1ccc(F)cc1)C(=O)CN(c1ccc(Cl)cc1Cl)S(=O)(=O)c1ccccc1. The molecule has 1 N–H and O–H groups in total. The monoisotopic (exact) mass is 579 g/mol. The molecule has 2 amide bonds. The number of carbonyl (C=O) groups is 2. The molecule has 3 rings (SSSR count). The number of nitrogens with one attached hydrogen (secondary N) is 1. The van der Waals surface area contributed by atoms with Crippen LogP contribution in [0.4, 0.5) is 10.1 Å². The Morgan fingerprint density at radius 1 is 1.00 bits per heavy atom. The minimum Gasteiger partial charge on any atom is -0.354 e. The second-order valence-electron chi connectivity index (χ2n) is 8.54. The molecule has 0 aliphatic carbocycles. The molecule has 0 aromatic heterocycles. The van der Waals surface area contributed by atoms with Gasteiger partial charge in [-0.15, -0.1) is 0 Å². The van der Waals surface area contributed by atoms with Crippen LogP contribution in [0.2, 0.25) is 10.0 Å². The van der Waals surface area contributed by atoms with Crippen LogP contribution < -0.4 is 9.62 Å². The highest BCUT2D eigenvalue weighted by Crippen LogP contribution is 2.33. The van der Waals surface area contributed by atoms with E-state index in [1.165, 1.54) is 59.5 Å².